The molecule has 1 aliphatic rings. The molecule has 0 aromatic carbocycles. The summed E-state index contributed by atoms with van der Waals surface area (Å²) in [4.78, 5) is 14.8. The lowest BCUT2D eigenvalue weighted by atomic mass is 10.3. The van der Waals surface area contributed by atoms with Crippen LogP contribution in [0.15, 0.2) is 30.5 Å². The molecular weight excluding hydrogens is 409 g/mol. The van der Waals surface area contributed by atoms with Crippen molar-refractivity contribution in [2.75, 3.05) is 42.1 Å². The molecule has 1 fully saturated rings. The second-order valence-electron chi connectivity index (χ2n) is 6.57. The van der Waals surface area contributed by atoms with Crippen LogP contribution in [-0.2, 0) is 10.0 Å². The Kier molecular flexibility index (Phi) is 6.22. The molecule has 2 aromatic heterocycles. The molecule has 0 amide bonds. The number of alkyl halides is 3. The molecule has 1 saturated heterocycles. The number of sulfonamides is 1. The number of rotatable bonds is 6. The van der Waals surface area contributed by atoms with E-state index < -0.39 is 28.4 Å². The molecule has 12 heteroatoms. The topological polar surface area (TPSA) is 91.3 Å². The minimum atomic E-state index is -4.50. The van der Waals surface area contributed by atoms with Crippen molar-refractivity contribution in [3.05, 3.63) is 36.3 Å². The highest BCUT2D eigenvalue weighted by atomic mass is 32.2. The van der Waals surface area contributed by atoms with Crippen LogP contribution in [0.25, 0.3) is 0 Å². The molecule has 1 N–H and O–H groups in total. The van der Waals surface area contributed by atoms with E-state index in [9.17, 15) is 21.6 Å². The molecule has 8 nitrogen and oxygen atoms in total. The minimum absolute atomic E-state index is 0.103. The predicted octanol–water partition coefficient (Wildman–Crippen LogP) is 2.33. The fraction of sp³-hybridized carbons (Fsp3) is 0.471. The van der Waals surface area contributed by atoms with Gasteiger partial charge in [-0.3, -0.25) is 0 Å². The van der Waals surface area contributed by atoms with Crippen molar-refractivity contribution in [1.29, 1.82) is 0 Å². The Morgan fingerprint density at radius 3 is 2.45 bits per heavy atom. The quantitative estimate of drug-likeness (QED) is 0.752. The molecule has 0 spiro atoms. The fourth-order valence-corrected chi connectivity index (χ4v) is 4.38. The maximum atomic E-state index is 12.4. The van der Waals surface area contributed by atoms with Crippen LogP contribution in [0.5, 0.6) is 0 Å². The van der Waals surface area contributed by atoms with E-state index in [-0.39, 0.29) is 13.1 Å². The standard InChI is InChI=1S/C17H21F3N6O2S/c1-13-22-15(24-14-4-2-3-6-21-14)12-16(23-13)25-7-9-26(10-8-25)29(27,28)11-5-17(18,19)20/h2-4,6,12H,5,7-11H2,1H3,(H,21,22,23,24). The third-order valence-corrected chi connectivity index (χ3v) is 6.22. The first-order valence-corrected chi connectivity index (χ1v) is 10.6. The van der Waals surface area contributed by atoms with Crippen LogP contribution in [0.4, 0.5) is 30.6 Å². The number of anilines is 3. The van der Waals surface area contributed by atoms with E-state index in [2.05, 4.69) is 20.3 Å². The van der Waals surface area contributed by atoms with Gasteiger partial charge in [0.2, 0.25) is 10.0 Å². The second-order valence-corrected chi connectivity index (χ2v) is 8.65. The van der Waals surface area contributed by atoms with Crippen LogP contribution in [0.2, 0.25) is 0 Å². The van der Waals surface area contributed by atoms with E-state index in [1.54, 1.807) is 31.3 Å². The summed E-state index contributed by atoms with van der Waals surface area (Å²) >= 11 is 0. The van der Waals surface area contributed by atoms with Crippen LogP contribution in [0.1, 0.15) is 12.2 Å². The molecule has 158 valence electrons. The molecule has 2 aromatic rings. The smallest absolute Gasteiger partial charge is 0.354 e. The molecule has 3 heterocycles. The maximum absolute atomic E-state index is 12.4. The third kappa shape index (κ3) is 6.00. The summed E-state index contributed by atoms with van der Waals surface area (Å²) < 4.78 is 62.5. The molecule has 0 bridgehead atoms. The van der Waals surface area contributed by atoms with Gasteiger partial charge in [0.15, 0.2) is 0 Å². The number of hydrogen-bond donors (Lipinski definition) is 1. The van der Waals surface area contributed by atoms with Crippen LogP contribution in [0, 0.1) is 6.92 Å². The van der Waals surface area contributed by atoms with Crippen LogP contribution in [0.3, 0.4) is 0 Å². The Morgan fingerprint density at radius 1 is 1.10 bits per heavy atom. The van der Waals surface area contributed by atoms with Gasteiger partial charge in [0.05, 0.1) is 12.2 Å². The van der Waals surface area contributed by atoms with Crippen LogP contribution >= 0.6 is 0 Å². The van der Waals surface area contributed by atoms with E-state index in [0.717, 1.165) is 4.31 Å². The zero-order valence-corrected chi connectivity index (χ0v) is 16.5. The van der Waals surface area contributed by atoms with Gasteiger partial charge < -0.3 is 10.2 Å². The lowest BCUT2D eigenvalue weighted by molar-refractivity contribution is -0.130. The highest BCUT2D eigenvalue weighted by Gasteiger charge is 2.33. The lowest BCUT2D eigenvalue weighted by Crippen LogP contribution is -2.49. The maximum Gasteiger partial charge on any atom is 0.390 e. The van der Waals surface area contributed by atoms with Crippen molar-refractivity contribution in [1.82, 2.24) is 19.3 Å². The number of nitrogens with one attached hydrogen (secondary N) is 1. The van der Waals surface area contributed by atoms with Gasteiger partial charge in [-0.1, -0.05) is 6.07 Å². The monoisotopic (exact) mass is 430 g/mol. The summed E-state index contributed by atoms with van der Waals surface area (Å²) in [7, 11) is -3.95. The molecular formula is C17H21F3N6O2S. The number of aryl methyl sites for hydroxylation is 1. The summed E-state index contributed by atoms with van der Waals surface area (Å²) in [5.74, 6) is 1.38. The van der Waals surface area contributed by atoms with E-state index >= 15 is 0 Å². The van der Waals surface area contributed by atoms with Crippen molar-refractivity contribution in [3.63, 3.8) is 0 Å². The Hall–Kier alpha value is -2.47. The minimum Gasteiger partial charge on any atom is -0.354 e. The Morgan fingerprint density at radius 2 is 1.83 bits per heavy atom. The number of aromatic nitrogens is 3. The average Bonchev–Trinajstić information content (AvgIpc) is 2.66. The third-order valence-electron chi connectivity index (χ3n) is 4.34. The molecule has 29 heavy (non-hydrogen) atoms. The zero-order valence-electron chi connectivity index (χ0n) is 15.7. The van der Waals surface area contributed by atoms with Crippen molar-refractivity contribution in [3.8, 4) is 0 Å². The first kappa shape index (κ1) is 21.2. The normalized spacial score (nSPS) is 16.1. The molecule has 0 aliphatic carbocycles. The number of piperazine rings is 1. The van der Waals surface area contributed by atoms with Crippen LogP contribution in [-0.4, -0.2) is 65.8 Å². The van der Waals surface area contributed by atoms with E-state index in [1.807, 2.05) is 11.0 Å². The summed E-state index contributed by atoms with van der Waals surface area (Å²) in [5.41, 5.74) is 0. The van der Waals surface area contributed by atoms with Gasteiger partial charge in [0.1, 0.15) is 23.3 Å². The van der Waals surface area contributed by atoms with Gasteiger partial charge in [-0.15, -0.1) is 0 Å². The van der Waals surface area contributed by atoms with Crippen molar-refractivity contribution in [2.24, 2.45) is 0 Å². The molecule has 0 unspecified atom stereocenters. The second kappa shape index (κ2) is 8.49. The van der Waals surface area contributed by atoms with Gasteiger partial charge in [-0.05, 0) is 19.1 Å². The highest BCUT2D eigenvalue weighted by molar-refractivity contribution is 7.89. The summed E-state index contributed by atoms with van der Waals surface area (Å²) in [6.07, 6.45) is -4.19. The Balaban J connectivity index is 1.65. The summed E-state index contributed by atoms with van der Waals surface area (Å²) in [6, 6.07) is 7.16. The molecule has 0 saturated carbocycles. The number of halogens is 3. The van der Waals surface area contributed by atoms with Gasteiger partial charge in [0, 0.05) is 38.4 Å². The summed E-state index contributed by atoms with van der Waals surface area (Å²) in [5, 5.41) is 3.09. The van der Waals surface area contributed by atoms with Crippen LogP contribution < -0.4 is 10.2 Å². The molecule has 0 radical (unpaired) electrons. The fourth-order valence-electron chi connectivity index (χ4n) is 2.92. The Bertz CT molecular complexity index is 932. The average molecular weight is 430 g/mol. The Labute approximate surface area is 166 Å². The van der Waals surface area contributed by atoms with Gasteiger partial charge in [-0.2, -0.15) is 17.5 Å². The van der Waals surface area contributed by atoms with Gasteiger partial charge >= 0.3 is 6.18 Å². The summed E-state index contributed by atoms with van der Waals surface area (Å²) in [6.45, 7) is 2.60. The first-order chi connectivity index (χ1) is 13.6. The predicted molar refractivity (Wildman–Crippen MR) is 103 cm³/mol. The van der Waals surface area contributed by atoms with E-state index in [4.69, 9.17) is 0 Å². The first-order valence-electron chi connectivity index (χ1n) is 8.96. The number of hydrogen-bond acceptors (Lipinski definition) is 7. The molecule has 1 aliphatic heterocycles. The van der Waals surface area contributed by atoms with Crippen molar-refractivity contribution in [2.45, 2.75) is 19.5 Å². The number of pyridine rings is 1. The van der Waals surface area contributed by atoms with Gasteiger partial charge in [0.25, 0.3) is 0 Å². The molecule has 0 atom stereocenters. The van der Waals surface area contributed by atoms with E-state index in [0.29, 0.717) is 36.4 Å². The SMILES string of the molecule is Cc1nc(Nc2ccccn2)cc(N2CCN(S(=O)(=O)CCC(F)(F)F)CC2)n1. The number of nitrogens with zero attached hydrogens (tertiary/aromatic N) is 5. The van der Waals surface area contributed by atoms with Gasteiger partial charge in [-0.25, -0.2) is 23.4 Å². The van der Waals surface area contributed by atoms with Crippen molar-refractivity contribution < 1.29 is 21.6 Å². The largest absolute Gasteiger partial charge is 0.390 e. The highest BCUT2D eigenvalue weighted by Crippen LogP contribution is 2.23. The molecule has 3 rings (SSSR count). The van der Waals surface area contributed by atoms with E-state index in [1.165, 1.54) is 0 Å². The van der Waals surface area contributed by atoms with Crippen molar-refractivity contribution >= 4 is 27.5 Å². The zero-order chi connectivity index (χ0) is 21.1. The lowest BCUT2D eigenvalue weighted by Gasteiger charge is -2.34.